The summed E-state index contributed by atoms with van der Waals surface area (Å²) in [6.07, 6.45) is 2.26. The van der Waals surface area contributed by atoms with Gasteiger partial charge in [-0.25, -0.2) is 4.39 Å². The van der Waals surface area contributed by atoms with Crippen molar-refractivity contribution in [3.8, 4) is 0 Å². The van der Waals surface area contributed by atoms with E-state index in [1.165, 1.54) is 12.1 Å². The predicted octanol–water partition coefficient (Wildman–Crippen LogP) is 2.48. The van der Waals surface area contributed by atoms with Crippen LogP contribution in [0.2, 0.25) is 0 Å². The van der Waals surface area contributed by atoms with Gasteiger partial charge in [0, 0.05) is 25.6 Å². The number of benzene rings is 1. The molecule has 2 rings (SSSR count). The highest BCUT2D eigenvalue weighted by molar-refractivity contribution is 5.89. The van der Waals surface area contributed by atoms with Crippen LogP contribution in [0.1, 0.15) is 38.7 Å². The molecule has 0 spiro atoms. The number of carbonyl (C=O) groups is 2. The van der Waals surface area contributed by atoms with Crippen molar-refractivity contribution in [3.63, 3.8) is 0 Å². The summed E-state index contributed by atoms with van der Waals surface area (Å²) in [7, 11) is 0. The molecule has 1 N–H and O–H groups in total. The molecule has 1 fully saturated rings. The van der Waals surface area contributed by atoms with Gasteiger partial charge in [-0.1, -0.05) is 25.5 Å². The van der Waals surface area contributed by atoms with Crippen molar-refractivity contribution >= 4 is 11.8 Å². The molecule has 0 aliphatic carbocycles. The lowest BCUT2D eigenvalue weighted by Gasteiger charge is -2.24. The van der Waals surface area contributed by atoms with Gasteiger partial charge in [-0.2, -0.15) is 0 Å². The van der Waals surface area contributed by atoms with Crippen LogP contribution in [-0.4, -0.2) is 29.3 Å². The molecule has 2 atom stereocenters. The average molecular weight is 306 g/mol. The molecule has 5 heteroatoms. The van der Waals surface area contributed by atoms with Crippen molar-refractivity contribution in [1.29, 1.82) is 0 Å². The molecule has 1 aliphatic rings. The third kappa shape index (κ3) is 4.06. The Morgan fingerprint density at radius 2 is 2.09 bits per heavy atom. The van der Waals surface area contributed by atoms with Crippen molar-refractivity contribution in [3.05, 3.63) is 35.6 Å². The van der Waals surface area contributed by atoms with Crippen LogP contribution in [0.15, 0.2) is 24.3 Å². The molecule has 0 saturated carbocycles. The highest BCUT2D eigenvalue weighted by atomic mass is 19.1. The molecule has 1 aromatic rings. The Hall–Kier alpha value is -1.91. The molecule has 2 unspecified atom stereocenters. The second kappa shape index (κ2) is 7.38. The monoisotopic (exact) mass is 306 g/mol. The van der Waals surface area contributed by atoms with E-state index in [-0.39, 0.29) is 36.0 Å². The fraction of sp³-hybridized carbons (Fsp3) is 0.529. The van der Waals surface area contributed by atoms with Gasteiger partial charge in [0.1, 0.15) is 5.82 Å². The maximum absolute atomic E-state index is 12.8. The summed E-state index contributed by atoms with van der Waals surface area (Å²) >= 11 is 0. The van der Waals surface area contributed by atoms with Crippen molar-refractivity contribution in [2.75, 3.05) is 6.54 Å². The molecule has 22 heavy (non-hydrogen) atoms. The minimum atomic E-state index is -0.294. The van der Waals surface area contributed by atoms with E-state index in [0.717, 1.165) is 18.4 Å². The van der Waals surface area contributed by atoms with Crippen molar-refractivity contribution in [2.45, 2.75) is 45.7 Å². The van der Waals surface area contributed by atoms with Crippen LogP contribution in [0, 0.1) is 11.7 Å². The number of hydrogen-bond acceptors (Lipinski definition) is 2. The lowest BCUT2D eigenvalue weighted by atomic mass is 10.1. The zero-order chi connectivity index (χ0) is 16.1. The maximum atomic E-state index is 12.8. The third-order valence-corrected chi connectivity index (χ3v) is 4.15. The zero-order valence-corrected chi connectivity index (χ0v) is 13.1. The van der Waals surface area contributed by atoms with Gasteiger partial charge < -0.3 is 10.2 Å². The number of carbonyl (C=O) groups excluding carboxylic acids is 2. The van der Waals surface area contributed by atoms with Crippen LogP contribution in [0.3, 0.4) is 0 Å². The Labute approximate surface area is 130 Å². The Balaban J connectivity index is 1.85. The smallest absolute Gasteiger partial charge is 0.225 e. The van der Waals surface area contributed by atoms with Gasteiger partial charge in [-0.05, 0) is 31.0 Å². The summed E-state index contributed by atoms with van der Waals surface area (Å²) in [6, 6.07) is 6.21. The number of amides is 2. The molecule has 0 radical (unpaired) electrons. The van der Waals surface area contributed by atoms with Crippen molar-refractivity contribution in [1.82, 2.24) is 10.2 Å². The molecule has 0 aromatic heterocycles. The zero-order valence-electron chi connectivity index (χ0n) is 13.1. The molecule has 120 valence electrons. The second-order valence-corrected chi connectivity index (χ2v) is 5.93. The molecule has 1 aliphatic heterocycles. The van der Waals surface area contributed by atoms with Crippen LogP contribution in [0.4, 0.5) is 4.39 Å². The molecule has 1 heterocycles. The van der Waals surface area contributed by atoms with Gasteiger partial charge in [-0.3, -0.25) is 9.59 Å². The Bertz CT molecular complexity index is 530. The van der Waals surface area contributed by atoms with Gasteiger partial charge >= 0.3 is 0 Å². The summed E-state index contributed by atoms with van der Waals surface area (Å²) in [5.41, 5.74) is 0.843. The number of likely N-dealkylation sites (tertiary alicyclic amines) is 1. The van der Waals surface area contributed by atoms with Crippen LogP contribution in [0.25, 0.3) is 0 Å². The quantitative estimate of drug-likeness (QED) is 0.878. The van der Waals surface area contributed by atoms with Crippen LogP contribution < -0.4 is 5.32 Å². The van der Waals surface area contributed by atoms with E-state index in [2.05, 4.69) is 12.2 Å². The molecule has 4 nitrogen and oxygen atoms in total. The van der Waals surface area contributed by atoms with E-state index >= 15 is 0 Å². The Morgan fingerprint density at radius 3 is 2.73 bits per heavy atom. The van der Waals surface area contributed by atoms with Crippen molar-refractivity contribution < 1.29 is 14.0 Å². The summed E-state index contributed by atoms with van der Waals surface area (Å²) < 4.78 is 12.8. The maximum Gasteiger partial charge on any atom is 0.225 e. The number of rotatable bonds is 6. The van der Waals surface area contributed by atoms with Gasteiger partial charge in [0.05, 0.1) is 5.92 Å². The van der Waals surface area contributed by atoms with E-state index in [1.807, 2.05) is 11.8 Å². The number of hydrogen-bond donors (Lipinski definition) is 1. The van der Waals surface area contributed by atoms with Gasteiger partial charge in [0.25, 0.3) is 0 Å². The number of halogens is 1. The Kier molecular flexibility index (Phi) is 5.52. The highest BCUT2D eigenvalue weighted by Crippen LogP contribution is 2.22. The highest BCUT2D eigenvalue weighted by Gasteiger charge is 2.36. The molecular formula is C17H23FN2O2. The van der Waals surface area contributed by atoms with Crippen LogP contribution >= 0.6 is 0 Å². The van der Waals surface area contributed by atoms with Crippen molar-refractivity contribution in [2.24, 2.45) is 5.92 Å². The summed E-state index contributed by atoms with van der Waals surface area (Å²) in [6.45, 7) is 4.97. The minimum absolute atomic E-state index is 0.0582. The van der Waals surface area contributed by atoms with E-state index in [0.29, 0.717) is 13.1 Å². The SMILES string of the molecule is CCCC(C)N1CC(C(=O)NCc2ccc(F)cc2)CC1=O. The lowest BCUT2D eigenvalue weighted by Crippen LogP contribution is -2.36. The lowest BCUT2D eigenvalue weighted by molar-refractivity contribution is -0.130. The topological polar surface area (TPSA) is 49.4 Å². The summed E-state index contributed by atoms with van der Waals surface area (Å²) in [5.74, 6) is -0.629. The standard InChI is InChI=1S/C17H23FN2O2/c1-3-4-12(2)20-11-14(9-16(20)21)17(22)19-10-13-5-7-15(18)8-6-13/h5-8,12,14H,3-4,9-11H2,1-2H3,(H,19,22). The first-order valence-corrected chi connectivity index (χ1v) is 7.83. The van der Waals surface area contributed by atoms with E-state index in [4.69, 9.17) is 0 Å². The first-order valence-electron chi connectivity index (χ1n) is 7.83. The number of nitrogens with one attached hydrogen (secondary N) is 1. The minimum Gasteiger partial charge on any atom is -0.352 e. The molecule has 0 bridgehead atoms. The van der Waals surface area contributed by atoms with Crippen LogP contribution in [-0.2, 0) is 16.1 Å². The van der Waals surface area contributed by atoms with Gasteiger partial charge in [0.15, 0.2) is 0 Å². The third-order valence-electron chi connectivity index (χ3n) is 4.15. The first kappa shape index (κ1) is 16.5. The van der Waals surface area contributed by atoms with E-state index in [9.17, 15) is 14.0 Å². The van der Waals surface area contributed by atoms with Gasteiger partial charge in [-0.15, -0.1) is 0 Å². The predicted molar refractivity (Wildman–Crippen MR) is 82.4 cm³/mol. The molecule has 1 aromatic carbocycles. The Morgan fingerprint density at radius 1 is 1.41 bits per heavy atom. The normalized spacial score (nSPS) is 19.3. The number of nitrogens with zero attached hydrogens (tertiary/aromatic N) is 1. The van der Waals surface area contributed by atoms with E-state index < -0.39 is 0 Å². The summed E-state index contributed by atoms with van der Waals surface area (Å²) in [4.78, 5) is 26.0. The molecule has 1 saturated heterocycles. The molecular weight excluding hydrogens is 283 g/mol. The average Bonchev–Trinajstić information content (AvgIpc) is 2.89. The summed E-state index contributed by atoms with van der Waals surface area (Å²) in [5, 5.41) is 2.83. The van der Waals surface area contributed by atoms with E-state index in [1.54, 1.807) is 12.1 Å². The fourth-order valence-electron chi connectivity index (χ4n) is 2.84. The van der Waals surface area contributed by atoms with Crippen LogP contribution in [0.5, 0.6) is 0 Å². The van der Waals surface area contributed by atoms with Gasteiger partial charge in [0.2, 0.25) is 11.8 Å². The molecule has 2 amide bonds. The first-order chi connectivity index (χ1) is 10.5. The largest absolute Gasteiger partial charge is 0.352 e. The fourth-order valence-corrected chi connectivity index (χ4v) is 2.84. The second-order valence-electron chi connectivity index (χ2n) is 5.93.